The summed E-state index contributed by atoms with van der Waals surface area (Å²) in [4.78, 5) is 2.76. The summed E-state index contributed by atoms with van der Waals surface area (Å²) in [7, 11) is 0. The van der Waals surface area contributed by atoms with Crippen LogP contribution < -0.4 is 5.73 Å². The fourth-order valence-corrected chi connectivity index (χ4v) is 3.83. The average molecular weight is 238 g/mol. The first-order valence-corrected chi connectivity index (χ1v) is 7.55. The van der Waals surface area contributed by atoms with Gasteiger partial charge in [0.15, 0.2) is 0 Å². The fourth-order valence-electron chi connectivity index (χ4n) is 3.83. The number of hydrogen-bond acceptors (Lipinski definition) is 2. The van der Waals surface area contributed by atoms with Crippen LogP contribution in [0.15, 0.2) is 0 Å². The molecule has 0 radical (unpaired) electrons. The minimum atomic E-state index is 0.412. The van der Waals surface area contributed by atoms with Crippen LogP contribution in [-0.2, 0) is 0 Å². The van der Waals surface area contributed by atoms with Gasteiger partial charge in [-0.15, -0.1) is 0 Å². The van der Waals surface area contributed by atoms with Crippen LogP contribution in [-0.4, -0.2) is 29.6 Å². The van der Waals surface area contributed by atoms with Crippen molar-refractivity contribution in [2.45, 2.75) is 83.8 Å². The molecule has 0 aromatic rings. The van der Waals surface area contributed by atoms with E-state index in [9.17, 15) is 0 Å². The Morgan fingerprint density at radius 2 is 2.00 bits per heavy atom. The highest BCUT2D eigenvalue weighted by molar-refractivity contribution is 4.95. The maximum absolute atomic E-state index is 6.41. The van der Waals surface area contributed by atoms with Gasteiger partial charge >= 0.3 is 0 Å². The summed E-state index contributed by atoms with van der Waals surface area (Å²) < 4.78 is 0. The van der Waals surface area contributed by atoms with Gasteiger partial charge in [0.05, 0.1) is 0 Å². The highest BCUT2D eigenvalue weighted by Gasteiger charge is 2.38. The Morgan fingerprint density at radius 3 is 2.71 bits per heavy atom. The van der Waals surface area contributed by atoms with Gasteiger partial charge in [-0.3, -0.25) is 4.90 Å². The number of rotatable bonds is 2. The first kappa shape index (κ1) is 13.4. The van der Waals surface area contributed by atoms with Gasteiger partial charge in [-0.25, -0.2) is 0 Å². The van der Waals surface area contributed by atoms with E-state index < -0.39 is 0 Å². The van der Waals surface area contributed by atoms with Gasteiger partial charge in [0.25, 0.3) is 0 Å². The Labute approximate surface area is 107 Å². The summed E-state index contributed by atoms with van der Waals surface area (Å²) in [6, 6.07) is 1.85. The van der Waals surface area contributed by atoms with E-state index in [4.69, 9.17) is 5.73 Å². The molecule has 1 saturated heterocycles. The molecule has 0 bridgehead atoms. The molecular formula is C15H30N2. The Hall–Kier alpha value is -0.0800. The largest absolute Gasteiger partial charge is 0.326 e. The minimum Gasteiger partial charge on any atom is -0.326 e. The molecule has 17 heavy (non-hydrogen) atoms. The van der Waals surface area contributed by atoms with Crippen molar-refractivity contribution in [2.75, 3.05) is 6.54 Å². The smallest absolute Gasteiger partial charge is 0.0255 e. The molecule has 3 unspecified atom stereocenters. The van der Waals surface area contributed by atoms with Crippen LogP contribution in [0.1, 0.15) is 65.7 Å². The second kappa shape index (κ2) is 5.27. The highest BCUT2D eigenvalue weighted by Crippen LogP contribution is 2.38. The van der Waals surface area contributed by atoms with Crippen LogP contribution in [0.3, 0.4) is 0 Å². The Kier molecular flexibility index (Phi) is 4.14. The minimum absolute atomic E-state index is 0.412. The summed E-state index contributed by atoms with van der Waals surface area (Å²) in [6.07, 6.45) is 9.29. The molecule has 2 N–H and O–H groups in total. The third-order valence-corrected chi connectivity index (χ3v) is 4.98. The summed E-state index contributed by atoms with van der Waals surface area (Å²) in [5.74, 6) is 0. The van der Waals surface area contributed by atoms with Crippen molar-refractivity contribution in [3.05, 3.63) is 0 Å². The molecule has 100 valence electrons. The topological polar surface area (TPSA) is 29.3 Å². The molecule has 1 heterocycles. The standard InChI is InChI=1S/C15H30N2/c1-4-12-7-5-6-10-17(12)14-11-15(2,3)9-8-13(14)16/h12-14H,4-11,16H2,1-3H3. The predicted octanol–water partition coefficient (Wildman–Crippen LogP) is 3.16. The monoisotopic (exact) mass is 238 g/mol. The number of likely N-dealkylation sites (tertiary alicyclic amines) is 1. The summed E-state index contributed by atoms with van der Waals surface area (Å²) in [6.45, 7) is 8.45. The Balaban J connectivity index is 2.07. The molecule has 0 spiro atoms. The zero-order valence-electron chi connectivity index (χ0n) is 11.9. The molecule has 2 aliphatic rings. The second-order valence-corrected chi connectivity index (χ2v) is 6.93. The zero-order valence-corrected chi connectivity index (χ0v) is 11.9. The van der Waals surface area contributed by atoms with E-state index >= 15 is 0 Å². The second-order valence-electron chi connectivity index (χ2n) is 6.93. The first-order valence-electron chi connectivity index (χ1n) is 7.55. The summed E-state index contributed by atoms with van der Waals surface area (Å²) >= 11 is 0. The van der Waals surface area contributed by atoms with Gasteiger partial charge in [0.1, 0.15) is 0 Å². The van der Waals surface area contributed by atoms with Crippen molar-refractivity contribution in [1.29, 1.82) is 0 Å². The van der Waals surface area contributed by atoms with E-state index in [0.717, 1.165) is 6.04 Å². The van der Waals surface area contributed by atoms with E-state index in [0.29, 0.717) is 17.5 Å². The number of hydrogen-bond donors (Lipinski definition) is 1. The van der Waals surface area contributed by atoms with Crippen molar-refractivity contribution < 1.29 is 0 Å². The van der Waals surface area contributed by atoms with Crippen LogP contribution >= 0.6 is 0 Å². The molecule has 2 rings (SSSR count). The van der Waals surface area contributed by atoms with Crippen LogP contribution in [0.25, 0.3) is 0 Å². The summed E-state index contributed by atoms with van der Waals surface area (Å²) in [5, 5.41) is 0. The maximum atomic E-state index is 6.41. The molecular weight excluding hydrogens is 208 g/mol. The van der Waals surface area contributed by atoms with E-state index in [1.807, 2.05) is 0 Å². The van der Waals surface area contributed by atoms with Crippen LogP contribution in [0, 0.1) is 5.41 Å². The van der Waals surface area contributed by atoms with E-state index in [1.165, 1.54) is 51.5 Å². The number of nitrogens with two attached hydrogens (primary N) is 1. The van der Waals surface area contributed by atoms with Crippen LogP contribution in [0.2, 0.25) is 0 Å². The van der Waals surface area contributed by atoms with Crippen LogP contribution in [0.4, 0.5) is 0 Å². The van der Waals surface area contributed by atoms with Gasteiger partial charge in [-0.1, -0.05) is 27.2 Å². The molecule has 1 saturated carbocycles. The van der Waals surface area contributed by atoms with Crippen molar-refractivity contribution >= 4 is 0 Å². The van der Waals surface area contributed by atoms with Gasteiger partial charge in [-0.05, 0) is 50.5 Å². The quantitative estimate of drug-likeness (QED) is 0.800. The number of nitrogens with zero attached hydrogens (tertiary/aromatic N) is 1. The maximum Gasteiger partial charge on any atom is 0.0255 e. The van der Waals surface area contributed by atoms with Crippen molar-refractivity contribution in [3.8, 4) is 0 Å². The molecule has 3 atom stereocenters. The third-order valence-electron chi connectivity index (χ3n) is 4.98. The van der Waals surface area contributed by atoms with Crippen LogP contribution in [0.5, 0.6) is 0 Å². The fraction of sp³-hybridized carbons (Fsp3) is 1.00. The molecule has 2 heteroatoms. The molecule has 0 aromatic heterocycles. The van der Waals surface area contributed by atoms with Gasteiger partial charge in [0.2, 0.25) is 0 Å². The lowest BCUT2D eigenvalue weighted by molar-refractivity contribution is 0.0253. The van der Waals surface area contributed by atoms with Crippen molar-refractivity contribution in [1.82, 2.24) is 4.90 Å². The molecule has 1 aliphatic carbocycles. The third kappa shape index (κ3) is 3.03. The van der Waals surface area contributed by atoms with Crippen molar-refractivity contribution in [2.24, 2.45) is 11.1 Å². The van der Waals surface area contributed by atoms with E-state index in [1.54, 1.807) is 0 Å². The molecule has 2 nitrogen and oxygen atoms in total. The lowest BCUT2D eigenvalue weighted by atomic mass is 9.72. The van der Waals surface area contributed by atoms with E-state index in [-0.39, 0.29) is 0 Å². The molecule has 0 aromatic carbocycles. The Bertz CT molecular complexity index is 249. The van der Waals surface area contributed by atoms with Crippen molar-refractivity contribution in [3.63, 3.8) is 0 Å². The molecule has 0 amide bonds. The van der Waals surface area contributed by atoms with Gasteiger partial charge in [0, 0.05) is 18.1 Å². The lowest BCUT2D eigenvalue weighted by Crippen LogP contribution is -2.57. The van der Waals surface area contributed by atoms with Gasteiger partial charge in [-0.2, -0.15) is 0 Å². The van der Waals surface area contributed by atoms with E-state index in [2.05, 4.69) is 25.7 Å². The molecule has 2 fully saturated rings. The predicted molar refractivity (Wildman–Crippen MR) is 74.0 cm³/mol. The normalized spacial score (nSPS) is 39.2. The number of piperidine rings is 1. The Morgan fingerprint density at radius 1 is 1.24 bits per heavy atom. The highest BCUT2D eigenvalue weighted by atomic mass is 15.2. The first-order chi connectivity index (χ1) is 8.03. The zero-order chi connectivity index (χ0) is 12.5. The molecule has 1 aliphatic heterocycles. The average Bonchev–Trinajstić information content (AvgIpc) is 2.32. The SMILES string of the molecule is CCC1CCCCN1C1CC(C)(C)CCC1N. The van der Waals surface area contributed by atoms with Gasteiger partial charge < -0.3 is 5.73 Å². The lowest BCUT2D eigenvalue weighted by Gasteiger charge is -2.49. The summed E-state index contributed by atoms with van der Waals surface area (Å²) in [5.41, 5.74) is 6.90.